The van der Waals surface area contributed by atoms with Crippen LogP contribution in [0.1, 0.15) is 69.4 Å². The van der Waals surface area contributed by atoms with Gasteiger partial charge >= 0.3 is 0 Å². The highest BCUT2D eigenvalue weighted by molar-refractivity contribution is 5.92. The molecular weight excluding hydrogens is 483 g/mol. The number of benzene rings is 1. The molecule has 3 aromatic rings. The summed E-state index contributed by atoms with van der Waals surface area (Å²) in [7, 11) is 1.75. The first-order valence-electron chi connectivity index (χ1n) is 13.8. The lowest BCUT2D eigenvalue weighted by Gasteiger charge is -2.35. The predicted octanol–water partition coefficient (Wildman–Crippen LogP) is 4.41. The lowest BCUT2D eigenvalue weighted by molar-refractivity contribution is -0.139. The molecule has 3 atom stereocenters. The van der Waals surface area contributed by atoms with Crippen molar-refractivity contribution in [3.63, 3.8) is 0 Å². The molecule has 3 heterocycles. The molecule has 2 amide bonds. The van der Waals surface area contributed by atoms with Crippen LogP contribution in [0.25, 0.3) is 22.3 Å². The number of fused-ring (bicyclic) bond motifs is 1. The number of likely N-dealkylation sites (N-methyl/N-ethyl adjacent to an activating group) is 1. The number of hydrogen-bond acceptors (Lipinski definition) is 5. The molecule has 2 aliphatic rings. The Hall–Kier alpha value is -3.33. The Bertz CT molecular complexity index is 1300. The van der Waals surface area contributed by atoms with Crippen LogP contribution in [0.5, 0.6) is 0 Å². The second kappa shape index (κ2) is 11.2. The topological polar surface area (TPSA) is 103 Å². The number of nitrogens with one attached hydrogen (secondary N) is 3. The molecule has 0 unspecified atom stereocenters. The molecule has 38 heavy (non-hydrogen) atoms. The lowest BCUT2D eigenvalue weighted by atomic mass is 9.83. The maximum Gasteiger partial charge on any atom is 0.246 e. The minimum Gasteiger partial charge on any atom is -0.354 e. The zero-order valence-electron chi connectivity index (χ0n) is 22.4. The fraction of sp³-hybridized carbons (Fsp3) is 0.517. The van der Waals surface area contributed by atoms with E-state index in [-0.39, 0.29) is 35.6 Å². The molecule has 0 bridgehead atoms. The average Bonchev–Trinajstić information content (AvgIpc) is 3.58. The van der Waals surface area contributed by atoms with Gasteiger partial charge in [0.25, 0.3) is 0 Å². The monoisotopic (exact) mass is 520 g/mol. The number of halogens is 1. The largest absolute Gasteiger partial charge is 0.354 e. The summed E-state index contributed by atoms with van der Waals surface area (Å²) in [6.07, 6.45) is 6.96. The summed E-state index contributed by atoms with van der Waals surface area (Å²) < 4.78 is 13.6. The summed E-state index contributed by atoms with van der Waals surface area (Å²) in [5, 5.41) is 6.08. The Kier molecular flexibility index (Phi) is 7.74. The molecule has 202 valence electrons. The van der Waals surface area contributed by atoms with E-state index in [0.717, 1.165) is 60.8 Å². The van der Waals surface area contributed by atoms with Crippen molar-refractivity contribution >= 4 is 22.8 Å². The number of carbonyl (C=O) groups excluding carboxylic acids is 2. The standard InChI is InChI=1S/C29H37FN6O2/c1-17(31-3)28(37)35-26(19-8-5-4-6-9-19)29(38)36-15-7-10-24(36)22-16-23-27(34-22)25(33-18(2)32-23)20-11-13-21(30)14-12-20/h11-14,16-17,19,24,26,31,34H,4-10,15H2,1-3H3,(H,35,37)/t17-,24-,26-/m0/s1. The molecule has 1 aliphatic heterocycles. The van der Waals surface area contributed by atoms with Crippen LogP contribution in [0.4, 0.5) is 4.39 Å². The van der Waals surface area contributed by atoms with Crippen LogP contribution in [0, 0.1) is 18.7 Å². The summed E-state index contributed by atoms with van der Waals surface area (Å²) in [5.74, 6) is 0.322. The number of aryl methyl sites for hydroxylation is 1. The highest BCUT2D eigenvalue weighted by Crippen LogP contribution is 2.37. The van der Waals surface area contributed by atoms with Crippen LogP contribution in [0.3, 0.4) is 0 Å². The van der Waals surface area contributed by atoms with Crippen molar-refractivity contribution in [1.29, 1.82) is 0 Å². The molecule has 8 nitrogen and oxygen atoms in total. The van der Waals surface area contributed by atoms with Crippen molar-refractivity contribution in [3.8, 4) is 11.3 Å². The smallest absolute Gasteiger partial charge is 0.246 e. The van der Waals surface area contributed by atoms with E-state index in [1.54, 1.807) is 19.2 Å². The van der Waals surface area contributed by atoms with Gasteiger partial charge in [0.05, 0.1) is 28.8 Å². The number of nitrogens with zero attached hydrogens (tertiary/aromatic N) is 3. The van der Waals surface area contributed by atoms with E-state index in [0.29, 0.717) is 18.1 Å². The molecule has 3 N–H and O–H groups in total. The van der Waals surface area contributed by atoms with E-state index >= 15 is 0 Å². The fourth-order valence-corrected chi connectivity index (χ4v) is 5.94. The van der Waals surface area contributed by atoms with Crippen molar-refractivity contribution < 1.29 is 14.0 Å². The van der Waals surface area contributed by atoms with Crippen molar-refractivity contribution in [2.75, 3.05) is 13.6 Å². The molecule has 9 heteroatoms. The van der Waals surface area contributed by atoms with Gasteiger partial charge in [0, 0.05) is 17.8 Å². The van der Waals surface area contributed by atoms with E-state index in [9.17, 15) is 14.0 Å². The van der Waals surface area contributed by atoms with Crippen LogP contribution < -0.4 is 10.6 Å². The normalized spacial score (nSPS) is 20.0. The van der Waals surface area contributed by atoms with Crippen LogP contribution in [0.15, 0.2) is 30.3 Å². The Morgan fingerprint density at radius 3 is 2.53 bits per heavy atom. The van der Waals surface area contributed by atoms with Gasteiger partial charge in [-0.2, -0.15) is 0 Å². The summed E-state index contributed by atoms with van der Waals surface area (Å²) in [6, 6.07) is 7.25. The SMILES string of the molecule is CN[C@@H](C)C(=O)N[C@H](C(=O)N1CCC[C@H]1c1cc2nc(C)nc(-c3ccc(F)cc3)c2[nH]1)C1CCCCC1. The minimum atomic E-state index is -0.527. The quantitative estimate of drug-likeness (QED) is 0.428. The van der Waals surface area contributed by atoms with Gasteiger partial charge in [-0.1, -0.05) is 19.3 Å². The number of hydrogen-bond donors (Lipinski definition) is 3. The van der Waals surface area contributed by atoms with Crippen molar-refractivity contribution in [3.05, 3.63) is 47.7 Å². The van der Waals surface area contributed by atoms with Crippen LogP contribution >= 0.6 is 0 Å². The molecule has 1 aromatic carbocycles. The maximum absolute atomic E-state index is 14.1. The van der Waals surface area contributed by atoms with Crippen molar-refractivity contribution in [2.24, 2.45) is 5.92 Å². The maximum atomic E-state index is 14.1. The highest BCUT2D eigenvalue weighted by Gasteiger charge is 2.39. The Morgan fingerprint density at radius 1 is 1.08 bits per heavy atom. The second-order valence-corrected chi connectivity index (χ2v) is 10.7. The van der Waals surface area contributed by atoms with Crippen molar-refractivity contribution in [1.82, 2.24) is 30.5 Å². The molecular formula is C29H37FN6O2. The van der Waals surface area contributed by atoms with E-state index in [1.165, 1.54) is 18.6 Å². The van der Waals surface area contributed by atoms with Crippen LogP contribution in [-0.4, -0.2) is 57.3 Å². The highest BCUT2D eigenvalue weighted by atomic mass is 19.1. The minimum absolute atomic E-state index is 0.00395. The molecule has 0 radical (unpaired) electrons. The average molecular weight is 521 g/mol. The summed E-state index contributed by atoms with van der Waals surface area (Å²) in [5.41, 5.74) is 3.96. The van der Waals surface area contributed by atoms with Gasteiger partial charge in [0.15, 0.2) is 0 Å². The first kappa shape index (κ1) is 26.3. The Balaban J connectivity index is 1.46. The van der Waals surface area contributed by atoms with E-state index < -0.39 is 6.04 Å². The summed E-state index contributed by atoms with van der Waals surface area (Å²) in [6.45, 7) is 4.30. The van der Waals surface area contributed by atoms with E-state index in [4.69, 9.17) is 0 Å². The number of H-pyrrole nitrogens is 1. The molecule has 1 saturated heterocycles. The summed E-state index contributed by atoms with van der Waals surface area (Å²) in [4.78, 5) is 41.7. The molecule has 1 saturated carbocycles. The lowest BCUT2D eigenvalue weighted by Crippen LogP contribution is -2.55. The second-order valence-electron chi connectivity index (χ2n) is 10.7. The Labute approximate surface area is 222 Å². The molecule has 2 fully saturated rings. The van der Waals surface area contributed by atoms with Gasteiger partial charge in [-0.25, -0.2) is 14.4 Å². The molecule has 5 rings (SSSR count). The van der Waals surface area contributed by atoms with Gasteiger partial charge in [-0.3, -0.25) is 9.59 Å². The number of likely N-dealkylation sites (tertiary alicyclic amines) is 1. The van der Waals surface area contributed by atoms with E-state index in [2.05, 4.69) is 25.6 Å². The van der Waals surface area contributed by atoms with E-state index in [1.807, 2.05) is 24.8 Å². The summed E-state index contributed by atoms with van der Waals surface area (Å²) >= 11 is 0. The molecule has 1 aliphatic carbocycles. The number of carbonyl (C=O) groups is 2. The zero-order valence-corrected chi connectivity index (χ0v) is 22.4. The number of rotatable bonds is 7. The zero-order chi connectivity index (χ0) is 26.8. The first-order valence-corrected chi connectivity index (χ1v) is 13.8. The van der Waals surface area contributed by atoms with Gasteiger partial charge < -0.3 is 20.5 Å². The fourth-order valence-electron chi connectivity index (χ4n) is 5.94. The van der Waals surface area contributed by atoms with Crippen molar-refractivity contribution in [2.45, 2.75) is 76.9 Å². The van der Waals surface area contributed by atoms with Gasteiger partial charge in [-0.05, 0) is 82.8 Å². The predicted molar refractivity (Wildman–Crippen MR) is 145 cm³/mol. The third-order valence-corrected chi connectivity index (χ3v) is 8.13. The third-order valence-electron chi connectivity index (χ3n) is 8.13. The van der Waals surface area contributed by atoms with Gasteiger partial charge in [0.1, 0.15) is 17.7 Å². The Morgan fingerprint density at radius 2 is 1.82 bits per heavy atom. The number of aromatic nitrogens is 3. The first-order chi connectivity index (χ1) is 18.4. The number of amides is 2. The molecule has 0 spiro atoms. The number of aromatic amines is 1. The molecule has 2 aromatic heterocycles. The van der Waals surface area contributed by atoms with Gasteiger partial charge in [0.2, 0.25) is 11.8 Å². The van der Waals surface area contributed by atoms with Gasteiger partial charge in [-0.15, -0.1) is 0 Å². The third kappa shape index (κ3) is 5.29. The van der Waals surface area contributed by atoms with Crippen LogP contribution in [0.2, 0.25) is 0 Å². The van der Waals surface area contributed by atoms with Crippen LogP contribution in [-0.2, 0) is 9.59 Å².